The van der Waals surface area contributed by atoms with E-state index in [2.05, 4.69) is 48.2 Å². The average Bonchev–Trinajstić information content (AvgIpc) is 2.92. The summed E-state index contributed by atoms with van der Waals surface area (Å²) in [4.78, 5) is 13.4. The van der Waals surface area contributed by atoms with E-state index in [9.17, 15) is 5.11 Å². The van der Waals surface area contributed by atoms with Crippen LogP contribution in [-0.4, -0.2) is 26.3 Å². The van der Waals surface area contributed by atoms with Gasteiger partial charge in [0.2, 0.25) is 17.8 Å². The van der Waals surface area contributed by atoms with Crippen LogP contribution in [0, 0.1) is 0 Å². The number of hydrogen-bond donors (Lipinski definition) is 4. The number of para-hydroxylation sites is 2. The van der Waals surface area contributed by atoms with Crippen molar-refractivity contribution >= 4 is 35.4 Å². The van der Waals surface area contributed by atoms with Gasteiger partial charge in [0, 0.05) is 16.9 Å². The molecule has 4 aromatic carbocycles. The second-order valence-electron chi connectivity index (χ2n) is 8.21. The Labute approximate surface area is 214 Å². The van der Waals surface area contributed by atoms with E-state index in [1.54, 1.807) is 12.3 Å². The van der Waals surface area contributed by atoms with E-state index >= 15 is 0 Å². The van der Waals surface area contributed by atoms with Crippen molar-refractivity contribution in [3.8, 4) is 5.75 Å². The summed E-state index contributed by atoms with van der Waals surface area (Å²) in [7, 11) is 0. The molecule has 8 nitrogen and oxygen atoms in total. The predicted molar refractivity (Wildman–Crippen MR) is 148 cm³/mol. The van der Waals surface area contributed by atoms with Crippen LogP contribution in [0.3, 0.4) is 0 Å². The van der Waals surface area contributed by atoms with Crippen molar-refractivity contribution in [1.29, 1.82) is 0 Å². The van der Waals surface area contributed by atoms with E-state index in [4.69, 9.17) is 0 Å². The van der Waals surface area contributed by atoms with Gasteiger partial charge in [0.1, 0.15) is 5.75 Å². The van der Waals surface area contributed by atoms with E-state index in [-0.39, 0.29) is 11.7 Å². The van der Waals surface area contributed by atoms with Crippen LogP contribution in [0.15, 0.2) is 114 Å². The lowest BCUT2D eigenvalue weighted by Crippen LogP contribution is -2.07. The third-order valence-electron chi connectivity index (χ3n) is 5.41. The molecule has 1 heterocycles. The Morgan fingerprint density at radius 1 is 0.622 bits per heavy atom. The Morgan fingerprint density at radius 3 is 1.76 bits per heavy atom. The van der Waals surface area contributed by atoms with Crippen molar-refractivity contribution in [2.45, 2.75) is 6.42 Å². The summed E-state index contributed by atoms with van der Waals surface area (Å²) in [6, 6.07) is 34.9. The molecule has 5 rings (SSSR count). The van der Waals surface area contributed by atoms with Crippen LogP contribution in [0.4, 0.5) is 29.2 Å². The second-order valence-corrected chi connectivity index (χ2v) is 8.21. The van der Waals surface area contributed by atoms with Crippen LogP contribution in [-0.2, 0) is 6.42 Å². The highest BCUT2D eigenvalue weighted by Crippen LogP contribution is 2.20. The van der Waals surface area contributed by atoms with Gasteiger partial charge in [-0.15, -0.1) is 0 Å². The molecule has 0 saturated carbocycles. The first-order valence-corrected chi connectivity index (χ1v) is 11.8. The number of aromatic hydroxyl groups is 1. The summed E-state index contributed by atoms with van der Waals surface area (Å²) in [6.07, 6.45) is 2.30. The fourth-order valence-corrected chi connectivity index (χ4v) is 3.65. The lowest BCUT2D eigenvalue weighted by atomic mass is 10.0. The molecule has 0 unspecified atom stereocenters. The van der Waals surface area contributed by atoms with Crippen molar-refractivity contribution in [3.63, 3.8) is 0 Å². The van der Waals surface area contributed by atoms with Gasteiger partial charge in [0.05, 0.1) is 6.21 Å². The monoisotopic (exact) mass is 487 g/mol. The standard InChI is InChI=1S/C29H25N7O/c37-26-17-16-22(18-21-10-4-1-5-11-21)19-23(26)20-30-36-29-34-27(31-24-12-6-2-7-13-24)33-28(35-29)32-25-14-8-3-9-15-25/h1-17,19-20,37H,18H2,(H3,31,32,33,34,35,36)/b30-20-. The quantitative estimate of drug-likeness (QED) is 0.147. The zero-order chi connectivity index (χ0) is 25.3. The molecule has 0 atom stereocenters. The van der Waals surface area contributed by atoms with Crippen LogP contribution in [0.25, 0.3) is 0 Å². The SMILES string of the molecule is Oc1ccc(Cc2ccccc2)cc1/C=N\Nc1nc(Nc2ccccc2)nc(Nc2ccccc2)n1. The number of anilines is 5. The van der Waals surface area contributed by atoms with Crippen molar-refractivity contribution in [1.82, 2.24) is 15.0 Å². The molecule has 0 saturated heterocycles. The molecule has 0 spiro atoms. The van der Waals surface area contributed by atoms with E-state index in [1.807, 2.05) is 91.0 Å². The molecule has 0 radical (unpaired) electrons. The third-order valence-corrected chi connectivity index (χ3v) is 5.41. The molecule has 8 heteroatoms. The Hall–Kier alpha value is -5.24. The topological polar surface area (TPSA) is 107 Å². The molecule has 0 aliphatic heterocycles. The summed E-state index contributed by atoms with van der Waals surface area (Å²) in [5, 5.41) is 21.0. The first-order valence-electron chi connectivity index (χ1n) is 11.8. The number of phenolic OH excluding ortho intramolecular Hbond substituents is 1. The molecular weight excluding hydrogens is 462 g/mol. The zero-order valence-corrected chi connectivity index (χ0v) is 19.9. The molecule has 4 N–H and O–H groups in total. The largest absolute Gasteiger partial charge is 0.507 e. The van der Waals surface area contributed by atoms with Crippen molar-refractivity contribution in [2.75, 3.05) is 16.1 Å². The average molecular weight is 488 g/mol. The van der Waals surface area contributed by atoms with Crippen LogP contribution >= 0.6 is 0 Å². The van der Waals surface area contributed by atoms with E-state index < -0.39 is 0 Å². The summed E-state index contributed by atoms with van der Waals surface area (Å²) >= 11 is 0. The third kappa shape index (κ3) is 6.67. The minimum Gasteiger partial charge on any atom is -0.507 e. The number of phenols is 1. The molecule has 1 aromatic heterocycles. The van der Waals surface area contributed by atoms with Gasteiger partial charge < -0.3 is 15.7 Å². The van der Waals surface area contributed by atoms with Gasteiger partial charge in [0.15, 0.2) is 0 Å². The van der Waals surface area contributed by atoms with Gasteiger partial charge in [-0.1, -0.05) is 72.8 Å². The van der Waals surface area contributed by atoms with Crippen molar-refractivity contribution in [3.05, 3.63) is 126 Å². The fraction of sp³-hybridized carbons (Fsp3) is 0.0345. The summed E-state index contributed by atoms with van der Waals surface area (Å²) in [5.74, 6) is 1.08. The normalized spacial score (nSPS) is 10.8. The fourth-order valence-electron chi connectivity index (χ4n) is 3.65. The molecule has 0 fully saturated rings. The lowest BCUT2D eigenvalue weighted by Gasteiger charge is -2.10. The highest BCUT2D eigenvalue weighted by Gasteiger charge is 2.08. The first kappa shape index (κ1) is 23.5. The number of hydrogen-bond acceptors (Lipinski definition) is 8. The predicted octanol–water partition coefficient (Wildman–Crippen LogP) is 6.10. The highest BCUT2D eigenvalue weighted by molar-refractivity contribution is 5.84. The minimum absolute atomic E-state index is 0.135. The van der Waals surface area contributed by atoms with Gasteiger partial charge in [0.25, 0.3) is 0 Å². The zero-order valence-electron chi connectivity index (χ0n) is 19.9. The number of benzene rings is 4. The van der Waals surface area contributed by atoms with Crippen LogP contribution in [0.2, 0.25) is 0 Å². The lowest BCUT2D eigenvalue weighted by molar-refractivity contribution is 0.474. The Balaban J connectivity index is 1.35. The Bertz CT molecular complexity index is 1420. The first-order chi connectivity index (χ1) is 18.2. The molecule has 37 heavy (non-hydrogen) atoms. The van der Waals surface area contributed by atoms with Crippen LogP contribution < -0.4 is 16.1 Å². The highest BCUT2D eigenvalue weighted by atomic mass is 16.3. The molecule has 0 amide bonds. The maximum Gasteiger partial charge on any atom is 0.250 e. The van der Waals surface area contributed by atoms with Crippen molar-refractivity contribution in [2.24, 2.45) is 5.10 Å². The van der Waals surface area contributed by atoms with E-state index in [0.717, 1.165) is 23.4 Å². The van der Waals surface area contributed by atoms with E-state index in [1.165, 1.54) is 5.56 Å². The van der Waals surface area contributed by atoms with Gasteiger partial charge in [-0.05, 0) is 53.9 Å². The number of rotatable bonds is 9. The molecular formula is C29H25N7O. The summed E-state index contributed by atoms with van der Waals surface area (Å²) in [5.41, 5.74) is 7.38. The van der Waals surface area contributed by atoms with Gasteiger partial charge in [-0.3, -0.25) is 0 Å². The van der Waals surface area contributed by atoms with E-state index in [0.29, 0.717) is 17.5 Å². The maximum atomic E-state index is 10.3. The molecule has 0 aliphatic rings. The van der Waals surface area contributed by atoms with Gasteiger partial charge >= 0.3 is 0 Å². The van der Waals surface area contributed by atoms with Crippen LogP contribution in [0.1, 0.15) is 16.7 Å². The minimum atomic E-state index is 0.135. The number of aromatic nitrogens is 3. The second kappa shape index (κ2) is 11.5. The smallest absolute Gasteiger partial charge is 0.250 e. The number of hydrazone groups is 1. The number of nitrogens with zero attached hydrogens (tertiary/aromatic N) is 4. The molecule has 0 bridgehead atoms. The maximum absolute atomic E-state index is 10.3. The summed E-state index contributed by atoms with van der Waals surface area (Å²) < 4.78 is 0. The number of nitrogens with one attached hydrogen (secondary N) is 3. The van der Waals surface area contributed by atoms with Gasteiger partial charge in [-0.25, -0.2) is 5.43 Å². The van der Waals surface area contributed by atoms with Crippen molar-refractivity contribution < 1.29 is 5.11 Å². The van der Waals surface area contributed by atoms with Crippen LogP contribution in [0.5, 0.6) is 5.75 Å². The van der Waals surface area contributed by atoms with Gasteiger partial charge in [-0.2, -0.15) is 20.1 Å². The molecule has 0 aliphatic carbocycles. The summed E-state index contributed by atoms with van der Waals surface area (Å²) in [6.45, 7) is 0. The molecule has 5 aromatic rings. The Kier molecular flexibility index (Phi) is 7.28. The Morgan fingerprint density at radius 2 is 1.16 bits per heavy atom. The molecule has 182 valence electrons.